The van der Waals surface area contributed by atoms with Gasteiger partial charge in [0.2, 0.25) is 5.91 Å². The number of carbonyl (C=O) groups is 2. The van der Waals surface area contributed by atoms with Crippen LogP contribution < -0.4 is 0 Å². The highest BCUT2D eigenvalue weighted by atomic mass is 35.5. The Labute approximate surface area is 82.3 Å². The van der Waals surface area contributed by atoms with Gasteiger partial charge >= 0.3 is 0 Å². The highest BCUT2D eigenvalue weighted by molar-refractivity contribution is 6.30. The zero-order valence-corrected chi connectivity index (χ0v) is 8.30. The second-order valence-corrected chi connectivity index (χ2v) is 3.62. The average molecular weight is 202 g/mol. The maximum Gasteiger partial charge on any atom is 0.230 e. The zero-order valence-electron chi connectivity index (χ0n) is 7.55. The molecular formula is C9H12ClNO2. The number of Topliss-reactive ketones (excluding diaryl/α,β-unsaturated/α-hetero) is 1. The van der Waals surface area contributed by atoms with Crippen LogP contribution in [0.2, 0.25) is 0 Å². The van der Waals surface area contributed by atoms with Gasteiger partial charge in [-0.15, -0.1) is 0 Å². The Balaban J connectivity index is 2.49. The second kappa shape index (κ2) is 4.42. The first-order valence-electron chi connectivity index (χ1n) is 4.21. The number of amides is 1. The van der Waals surface area contributed by atoms with E-state index in [2.05, 4.69) is 0 Å². The fourth-order valence-electron chi connectivity index (χ4n) is 1.24. The van der Waals surface area contributed by atoms with Gasteiger partial charge in [-0.3, -0.25) is 9.59 Å². The second-order valence-electron chi connectivity index (χ2n) is 3.13. The fraction of sp³-hybridized carbons (Fsp3) is 0.556. The lowest BCUT2D eigenvalue weighted by molar-refractivity contribution is -0.134. The summed E-state index contributed by atoms with van der Waals surface area (Å²) in [5.74, 6) is -0.227. The number of rotatable bonds is 2. The lowest BCUT2D eigenvalue weighted by Crippen LogP contribution is -2.35. The summed E-state index contributed by atoms with van der Waals surface area (Å²) in [4.78, 5) is 23.7. The van der Waals surface area contributed by atoms with Gasteiger partial charge in [-0.25, -0.2) is 0 Å². The SMILES string of the molecule is CC(=O)CC(=O)N1CCC=C(Cl)C1. The molecule has 0 unspecified atom stereocenters. The molecule has 4 heteroatoms. The van der Waals surface area contributed by atoms with Gasteiger partial charge in [0.1, 0.15) is 5.78 Å². The van der Waals surface area contributed by atoms with Crippen molar-refractivity contribution in [3.8, 4) is 0 Å². The smallest absolute Gasteiger partial charge is 0.230 e. The third-order valence-corrected chi connectivity index (χ3v) is 2.13. The summed E-state index contributed by atoms with van der Waals surface area (Å²) in [6, 6.07) is 0. The summed E-state index contributed by atoms with van der Waals surface area (Å²) >= 11 is 5.77. The lowest BCUT2D eigenvalue weighted by atomic mass is 10.2. The Morgan fingerprint density at radius 1 is 1.62 bits per heavy atom. The lowest BCUT2D eigenvalue weighted by Gasteiger charge is -2.24. The summed E-state index contributed by atoms with van der Waals surface area (Å²) < 4.78 is 0. The van der Waals surface area contributed by atoms with Crippen molar-refractivity contribution in [2.45, 2.75) is 19.8 Å². The molecule has 0 radical (unpaired) electrons. The van der Waals surface area contributed by atoms with Crippen LogP contribution in [-0.2, 0) is 9.59 Å². The van der Waals surface area contributed by atoms with Crippen molar-refractivity contribution in [2.24, 2.45) is 0 Å². The van der Waals surface area contributed by atoms with Crippen molar-refractivity contribution in [1.29, 1.82) is 0 Å². The topological polar surface area (TPSA) is 37.4 Å². The third kappa shape index (κ3) is 3.19. The molecule has 0 saturated heterocycles. The van der Waals surface area contributed by atoms with E-state index in [9.17, 15) is 9.59 Å². The zero-order chi connectivity index (χ0) is 9.84. The van der Waals surface area contributed by atoms with Crippen LogP contribution in [0.4, 0.5) is 0 Å². The molecule has 0 aromatic heterocycles. The van der Waals surface area contributed by atoms with Gasteiger partial charge in [0.15, 0.2) is 0 Å². The van der Waals surface area contributed by atoms with Crippen LogP contribution in [0.1, 0.15) is 19.8 Å². The average Bonchev–Trinajstić information content (AvgIpc) is 2.03. The van der Waals surface area contributed by atoms with Crippen LogP contribution in [0, 0.1) is 0 Å². The van der Waals surface area contributed by atoms with Crippen molar-refractivity contribution < 1.29 is 9.59 Å². The van der Waals surface area contributed by atoms with Crippen LogP contribution in [0.3, 0.4) is 0 Å². The van der Waals surface area contributed by atoms with E-state index in [0.29, 0.717) is 18.1 Å². The molecule has 1 rings (SSSR count). The van der Waals surface area contributed by atoms with Gasteiger partial charge in [-0.1, -0.05) is 17.7 Å². The summed E-state index contributed by atoms with van der Waals surface area (Å²) in [5, 5.41) is 0.683. The molecule has 72 valence electrons. The van der Waals surface area contributed by atoms with Crippen LogP contribution in [-0.4, -0.2) is 29.7 Å². The monoisotopic (exact) mass is 201 g/mol. The minimum Gasteiger partial charge on any atom is -0.337 e. The summed E-state index contributed by atoms with van der Waals surface area (Å²) in [6.45, 7) is 2.54. The third-order valence-electron chi connectivity index (χ3n) is 1.86. The molecule has 0 N–H and O–H groups in total. The first-order chi connectivity index (χ1) is 6.09. The largest absolute Gasteiger partial charge is 0.337 e. The quantitative estimate of drug-likeness (QED) is 0.632. The van der Waals surface area contributed by atoms with E-state index in [1.165, 1.54) is 6.92 Å². The summed E-state index contributed by atoms with van der Waals surface area (Å²) in [7, 11) is 0. The van der Waals surface area contributed by atoms with Gasteiger partial charge in [0.25, 0.3) is 0 Å². The predicted octanol–water partition coefficient (Wildman–Crippen LogP) is 1.32. The fourth-order valence-corrected chi connectivity index (χ4v) is 1.49. The number of halogens is 1. The molecule has 0 spiro atoms. The summed E-state index contributed by atoms with van der Waals surface area (Å²) in [6.07, 6.45) is 2.67. The Bertz CT molecular complexity index is 260. The molecular weight excluding hydrogens is 190 g/mol. The van der Waals surface area contributed by atoms with Crippen LogP contribution in [0.15, 0.2) is 11.1 Å². The molecule has 0 saturated carbocycles. The number of ketones is 1. The van der Waals surface area contributed by atoms with Crippen molar-refractivity contribution in [3.63, 3.8) is 0 Å². The van der Waals surface area contributed by atoms with E-state index in [4.69, 9.17) is 11.6 Å². The standard InChI is InChI=1S/C9H12ClNO2/c1-7(12)5-9(13)11-4-2-3-8(10)6-11/h3H,2,4-6H2,1H3. The van der Waals surface area contributed by atoms with E-state index >= 15 is 0 Å². The van der Waals surface area contributed by atoms with Crippen molar-refractivity contribution in [1.82, 2.24) is 4.90 Å². The Kier molecular flexibility index (Phi) is 3.48. The van der Waals surface area contributed by atoms with Crippen LogP contribution in [0.5, 0.6) is 0 Å². The molecule has 1 aliphatic rings. The normalized spacial score (nSPS) is 16.8. The first-order valence-corrected chi connectivity index (χ1v) is 4.59. The van der Waals surface area contributed by atoms with Crippen molar-refractivity contribution in [2.75, 3.05) is 13.1 Å². The highest BCUT2D eigenvalue weighted by Crippen LogP contribution is 2.13. The van der Waals surface area contributed by atoms with Gasteiger partial charge in [-0.2, -0.15) is 0 Å². The molecule has 1 heterocycles. The maximum atomic E-state index is 11.4. The van der Waals surface area contributed by atoms with E-state index in [1.807, 2.05) is 6.08 Å². The highest BCUT2D eigenvalue weighted by Gasteiger charge is 2.17. The van der Waals surface area contributed by atoms with E-state index in [0.717, 1.165) is 6.42 Å². The molecule has 0 aromatic carbocycles. The summed E-state index contributed by atoms with van der Waals surface area (Å²) in [5.41, 5.74) is 0. The molecule has 13 heavy (non-hydrogen) atoms. The molecule has 1 aliphatic heterocycles. The molecule has 0 atom stereocenters. The Morgan fingerprint density at radius 3 is 2.85 bits per heavy atom. The van der Waals surface area contributed by atoms with E-state index in [1.54, 1.807) is 4.90 Å². The number of hydrogen-bond donors (Lipinski definition) is 0. The van der Waals surface area contributed by atoms with Crippen LogP contribution in [0.25, 0.3) is 0 Å². The molecule has 3 nitrogen and oxygen atoms in total. The molecule has 0 bridgehead atoms. The minimum atomic E-state index is -0.126. The Morgan fingerprint density at radius 2 is 2.31 bits per heavy atom. The predicted molar refractivity (Wildman–Crippen MR) is 50.4 cm³/mol. The maximum absolute atomic E-state index is 11.4. The first kappa shape index (κ1) is 10.3. The molecule has 0 aromatic rings. The van der Waals surface area contributed by atoms with Gasteiger partial charge in [-0.05, 0) is 13.3 Å². The van der Waals surface area contributed by atoms with Gasteiger partial charge in [0, 0.05) is 11.6 Å². The minimum absolute atomic E-state index is 0.00975. The van der Waals surface area contributed by atoms with Crippen LogP contribution >= 0.6 is 11.6 Å². The van der Waals surface area contributed by atoms with Gasteiger partial charge < -0.3 is 4.90 Å². The molecule has 0 fully saturated rings. The van der Waals surface area contributed by atoms with Crippen molar-refractivity contribution in [3.05, 3.63) is 11.1 Å². The molecule has 1 amide bonds. The number of carbonyl (C=O) groups excluding carboxylic acids is 2. The van der Waals surface area contributed by atoms with E-state index in [-0.39, 0.29) is 18.1 Å². The molecule has 0 aliphatic carbocycles. The van der Waals surface area contributed by atoms with E-state index < -0.39 is 0 Å². The number of hydrogen-bond acceptors (Lipinski definition) is 2. The Hall–Kier alpha value is -0.830. The van der Waals surface area contributed by atoms with Crippen molar-refractivity contribution >= 4 is 23.3 Å². The van der Waals surface area contributed by atoms with Gasteiger partial charge in [0.05, 0.1) is 13.0 Å². The number of nitrogens with zero attached hydrogens (tertiary/aromatic N) is 1.